The van der Waals surface area contributed by atoms with Crippen molar-refractivity contribution < 1.29 is 13.2 Å². The molecule has 0 radical (unpaired) electrons. The lowest BCUT2D eigenvalue weighted by atomic mass is 10.1. The molecule has 0 aromatic carbocycles. The normalized spacial score (nSPS) is 15.2. The van der Waals surface area contributed by atoms with Crippen LogP contribution in [-0.4, -0.2) is 17.6 Å². The summed E-state index contributed by atoms with van der Waals surface area (Å²) in [7, 11) is 0. The largest absolute Gasteiger partial charge is 0.413 e. The van der Waals surface area contributed by atoms with Gasteiger partial charge in [0, 0.05) is 5.92 Å². The Morgan fingerprint density at radius 1 is 1.23 bits per heavy atom. The molecule has 2 N–H and O–H groups in total. The second-order valence-electron chi connectivity index (χ2n) is 3.75. The third kappa shape index (κ3) is 3.24. The summed E-state index contributed by atoms with van der Waals surface area (Å²) in [6, 6.07) is 0. The topological polar surface area (TPSA) is 38.4 Å². The van der Waals surface area contributed by atoms with Crippen molar-refractivity contribution in [1.82, 2.24) is 0 Å². The lowest BCUT2D eigenvalue weighted by Gasteiger charge is -2.24. The van der Waals surface area contributed by atoms with Crippen LogP contribution in [0.15, 0.2) is 4.99 Å². The number of nitrogens with two attached hydrogens (primary N) is 1. The zero-order valence-electron chi connectivity index (χ0n) is 8.24. The predicted octanol–water partition coefficient (Wildman–Crippen LogP) is 2.34. The van der Waals surface area contributed by atoms with Crippen LogP contribution in [0.2, 0.25) is 0 Å². The fourth-order valence-electron chi connectivity index (χ4n) is 0.515. The van der Waals surface area contributed by atoms with Crippen LogP contribution in [0.4, 0.5) is 13.2 Å². The molecule has 0 aliphatic carbocycles. The Hall–Kier alpha value is -0.740. The van der Waals surface area contributed by atoms with E-state index in [-0.39, 0.29) is 11.8 Å². The Morgan fingerprint density at radius 3 is 1.85 bits per heavy atom. The molecule has 0 fully saturated rings. The Bertz CT molecular complexity index is 204. The van der Waals surface area contributed by atoms with Crippen molar-refractivity contribution in [3.8, 4) is 0 Å². The molecule has 0 atom stereocenters. The highest BCUT2D eigenvalue weighted by Gasteiger charge is 2.47. The molecule has 78 valence electrons. The van der Waals surface area contributed by atoms with Gasteiger partial charge in [-0.3, -0.25) is 4.99 Å². The van der Waals surface area contributed by atoms with Crippen LogP contribution in [0.5, 0.6) is 0 Å². The van der Waals surface area contributed by atoms with E-state index < -0.39 is 11.7 Å². The quantitative estimate of drug-likeness (QED) is 0.534. The smallest absolute Gasteiger partial charge is 0.387 e. The van der Waals surface area contributed by atoms with Crippen LogP contribution in [-0.2, 0) is 0 Å². The van der Waals surface area contributed by atoms with E-state index >= 15 is 0 Å². The third-order valence-corrected chi connectivity index (χ3v) is 1.69. The first-order chi connectivity index (χ1) is 5.58. The van der Waals surface area contributed by atoms with E-state index in [1.807, 2.05) is 0 Å². The predicted molar refractivity (Wildman–Crippen MR) is 46.6 cm³/mol. The van der Waals surface area contributed by atoms with E-state index in [9.17, 15) is 13.2 Å². The monoisotopic (exact) mass is 196 g/mol. The highest BCUT2D eigenvalue weighted by Crippen LogP contribution is 2.33. The van der Waals surface area contributed by atoms with Gasteiger partial charge in [-0.05, 0) is 13.8 Å². The minimum Gasteiger partial charge on any atom is -0.387 e. The molecule has 0 bridgehead atoms. The Morgan fingerprint density at radius 2 is 1.62 bits per heavy atom. The van der Waals surface area contributed by atoms with Crippen molar-refractivity contribution in [3.63, 3.8) is 0 Å². The van der Waals surface area contributed by atoms with Crippen LogP contribution in [0.1, 0.15) is 27.7 Å². The van der Waals surface area contributed by atoms with Crippen molar-refractivity contribution in [3.05, 3.63) is 0 Å². The fraction of sp³-hybridized carbons (Fsp3) is 0.875. The van der Waals surface area contributed by atoms with Gasteiger partial charge in [0.05, 0.1) is 5.84 Å². The number of halogens is 3. The van der Waals surface area contributed by atoms with Crippen molar-refractivity contribution in [2.45, 2.75) is 39.4 Å². The van der Waals surface area contributed by atoms with E-state index in [2.05, 4.69) is 4.99 Å². The van der Waals surface area contributed by atoms with Gasteiger partial charge in [-0.2, -0.15) is 13.2 Å². The summed E-state index contributed by atoms with van der Waals surface area (Å²) in [4.78, 5) is 3.45. The molecular weight excluding hydrogens is 181 g/mol. The SMILES string of the molecule is CC(C)C(N)=NC(C)(C)C(F)(F)F. The molecule has 5 heteroatoms. The highest BCUT2D eigenvalue weighted by molar-refractivity contribution is 5.82. The Balaban J connectivity index is 4.78. The molecule has 0 saturated heterocycles. The van der Waals surface area contributed by atoms with Crippen molar-refractivity contribution in [1.29, 1.82) is 0 Å². The van der Waals surface area contributed by atoms with Gasteiger partial charge in [-0.1, -0.05) is 13.8 Å². The zero-order valence-corrected chi connectivity index (χ0v) is 8.24. The lowest BCUT2D eigenvalue weighted by Crippen LogP contribution is -2.40. The number of amidine groups is 1. The molecule has 0 aliphatic rings. The summed E-state index contributed by atoms with van der Waals surface area (Å²) in [6.45, 7) is 5.40. The molecule has 0 heterocycles. The first kappa shape index (κ1) is 12.3. The molecule has 0 rings (SSSR count). The molecule has 2 nitrogen and oxygen atoms in total. The summed E-state index contributed by atoms with van der Waals surface area (Å²) in [6.07, 6.45) is -4.35. The number of aliphatic imine (C=N–C) groups is 1. The van der Waals surface area contributed by atoms with Gasteiger partial charge in [-0.15, -0.1) is 0 Å². The molecule has 13 heavy (non-hydrogen) atoms. The van der Waals surface area contributed by atoms with Crippen LogP contribution in [0.25, 0.3) is 0 Å². The second kappa shape index (κ2) is 3.55. The molecule has 0 spiro atoms. The van der Waals surface area contributed by atoms with Gasteiger partial charge in [0.1, 0.15) is 0 Å². The molecule has 0 saturated carbocycles. The number of hydrogen-bond donors (Lipinski definition) is 1. The minimum atomic E-state index is -4.35. The van der Waals surface area contributed by atoms with Gasteiger partial charge in [0.15, 0.2) is 5.54 Å². The zero-order chi connectivity index (χ0) is 10.9. The molecular formula is C8H15F3N2. The van der Waals surface area contributed by atoms with E-state index in [0.29, 0.717) is 0 Å². The Kier molecular flexibility index (Phi) is 3.35. The minimum absolute atomic E-state index is 0.0299. The summed E-state index contributed by atoms with van der Waals surface area (Å²) >= 11 is 0. The standard InChI is InChI=1S/C8H15F3N2/c1-5(2)6(12)13-7(3,4)8(9,10)11/h5H,1-4H3,(H2,12,13). The van der Waals surface area contributed by atoms with Crippen LogP contribution < -0.4 is 5.73 Å². The van der Waals surface area contributed by atoms with Gasteiger partial charge in [-0.25, -0.2) is 0 Å². The van der Waals surface area contributed by atoms with Crippen LogP contribution in [0, 0.1) is 5.92 Å². The van der Waals surface area contributed by atoms with E-state index in [0.717, 1.165) is 13.8 Å². The van der Waals surface area contributed by atoms with E-state index in [1.165, 1.54) is 0 Å². The number of rotatable bonds is 2. The number of alkyl halides is 3. The van der Waals surface area contributed by atoms with E-state index in [4.69, 9.17) is 5.73 Å². The number of hydrogen-bond acceptors (Lipinski definition) is 1. The van der Waals surface area contributed by atoms with E-state index in [1.54, 1.807) is 13.8 Å². The first-order valence-electron chi connectivity index (χ1n) is 4.00. The van der Waals surface area contributed by atoms with Crippen molar-refractivity contribution >= 4 is 5.84 Å². The fourth-order valence-corrected chi connectivity index (χ4v) is 0.515. The lowest BCUT2D eigenvalue weighted by molar-refractivity contribution is -0.174. The molecule has 0 aromatic rings. The summed E-state index contributed by atoms with van der Waals surface area (Å²) in [5.41, 5.74) is 3.25. The maximum atomic E-state index is 12.3. The first-order valence-corrected chi connectivity index (χ1v) is 4.00. The third-order valence-electron chi connectivity index (χ3n) is 1.69. The summed E-state index contributed by atoms with van der Waals surface area (Å²) < 4.78 is 36.9. The summed E-state index contributed by atoms with van der Waals surface area (Å²) in [5, 5.41) is 0. The average Bonchev–Trinajstić information content (AvgIpc) is 1.83. The van der Waals surface area contributed by atoms with Gasteiger partial charge in [0.2, 0.25) is 0 Å². The molecule has 0 amide bonds. The maximum Gasteiger partial charge on any atom is 0.413 e. The van der Waals surface area contributed by atoms with Crippen molar-refractivity contribution in [2.24, 2.45) is 16.6 Å². The summed E-state index contributed by atoms with van der Waals surface area (Å²) in [5.74, 6) is -0.135. The van der Waals surface area contributed by atoms with Crippen LogP contribution in [0.3, 0.4) is 0 Å². The average molecular weight is 196 g/mol. The highest BCUT2D eigenvalue weighted by atomic mass is 19.4. The molecule has 0 unspecified atom stereocenters. The van der Waals surface area contributed by atoms with Crippen LogP contribution >= 0.6 is 0 Å². The van der Waals surface area contributed by atoms with Gasteiger partial charge < -0.3 is 5.73 Å². The Labute approximate surface area is 76.0 Å². The molecule has 0 aromatic heterocycles. The number of nitrogens with zero attached hydrogens (tertiary/aromatic N) is 1. The van der Waals surface area contributed by atoms with Gasteiger partial charge in [0.25, 0.3) is 0 Å². The second-order valence-corrected chi connectivity index (χ2v) is 3.75. The van der Waals surface area contributed by atoms with Gasteiger partial charge >= 0.3 is 6.18 Å². The maximum absolute atomic E-state index is 12.3. The molecule has 0 aliphatic heterocycles. The van der Waals surface area contributed by atoms with Crippen molar-refractivity contribution in [2.75, 3.05) is 0 Å².